The van der Waals surface area contributed by atoms with Crippen LogP contribution in [0.25, 0.3) is 21.9 Å². The van der Waals surface area contributed by atoms with Gasteiger partial charge in [-0.1, -0.05) is 36.4 Å². The molecule has 4 heteroatoms. The average molecular weight is 296 g/mol. The molecule has 3 nitrogen and oxygen atoms in total. The van der Waals surface area contributed by atoms with Gasteiger partial charge in [-0.05, 0) is 29.3 Å². The number of carbonyl (C=O) groups is 1. The van der Waals surface area contributed by atoms with Crippen molar-refractivity contribution in [1.29, 1.82) is 0 Å². The number of amides is 1. The first-order valence-corrected chi connectivity index (χ1v) is 7.73. The van der Waals surface area contributed by atoms with Crippen LogP contribution in [0.5, 0.6) is 0 Å². The molecule has 0 aliphatic carbocycles. The lowest BCUT2D eigenvalue weighted by molar-refractivity contribution is 0.0957. The predicted octanol–water partition coefficient (Wildman–Crippen LogP) is 3.90. The van der Waals surface area contributed by atoms with E-state index in [0.717, 1.165) is 16.5 Å². The van der Waals surface area contributed by atoms with Crippen LogP contribution in [-0.2, 0) is 0 Å². The summed E-state index contributed by atoms with van der Waals surface area (Å²) < 4.78 is 0. The summed E-state index contributed by atoms with van der Waals surface area (Å²) in [5.41, 5.74) is 8.47. The number of fused-ring (bicyclic) bond motifs is 1. The Bertz CT molecular complexity index is 807. The van der Waals surface area contributed by atoms with E-state index in [1.54, 1.807) is 0 Å². The van der Waals surface area contributed by atoms with Gasteiger partial charge in [-0.15, -0.1) is 11.3 Å². The predicted molar refractivity (Wildman–Crippen MR) is 89.7 cm³/mol. The lowest BCUT2D eigenvalue weighted by Crippen LogP contribution is -2.23. The van der Waals surface area contributed by atoms with Gasteiger partial charge in [0.15, 0.2) is 0 Å². The van der Waals surface area contributed by atoms with Crippen molar-refractivity contribution in [3.05, 3.63) is 53.4 Å². The number of carbonyl (C=O) groups excluding carboxylic acids is 1. The molecule has 1 aromatic heterocycles. The molecule has 0 aliphatic rings. The van der Waals surface area contributed by atoms with Crippen LogP contribution in [0.2, 0.25) is 0 Å². The van der Waals surface area contributed by atoms with Crippen LogP contribution in [0.4, 0.5) is 5.00 Å². The molecular formula is C17H16N2OS. The summed E-state index contributed by atoms with van der Waals surface area (Å²) in [6, 6.07) is 14.4. The van der Waals surface area contributed by atoms with Gasteiger partial charge >= 0.3 is 0 Å². The lowest BCUT2D eigenvalue weighted by atomic mass is 10.00. The molecule has 0 aliphatic heterocycles. The highest BCUT2D eigenvalue weighted by molar-refractivity contribution is 7.15. The summed E-state index contributed by atoms with van der Waals surface area (Å²) in [4.78, 5) is 12.2. The van der Waals surface area contributed by atoms with Crippen molar-refractivity contribution in [2.75, 3.05) is 12.3 Å². The quantitative estimate of drug-likeness (QED) is 0.770. The van der Waals surface area contributed by atoms with Gasteiger partial charge in [0.2, 0.25) is 0 Å². The Kier molecular flexibility index (Phi) is 3.62. The fraction of sp³-hybridized carbons (Fsp3) is 0.118. The van der Waals surface area contributed by atoms with Gasteiger partial charge in [0.05, 0.1) is 10.6 Å². The Morgan fingerprint density at radius 1 is 1.19 bits per heavy atom. The minimum atomic E-state index is -0.112. The molecule has 0 radical (unpaired) electrons. The van der Waals surface area contributed by atoms with E-state index in [1.165, 1.54) is 16.7 Å². The lowest BCUT2D eigenvalue weighted by Gasteiger charge is -2.07. The zero-order valence-corrected chi connectivity index (χ0v) is 12.5. The SMILES string of the molecule is CCNC(=O)c1c(-c2ccc3ccccc3c2)csc1N. The molecule has 0 saturated heterocycles. The van der Waals surface area contributed by atoms with Crippen LogP contribution < -0.4 is 11.1 Å². The highest BCUT2D eigenvalue weighted by Gasteiger charge is 2.18. The van der Waals surface area contributed by atoms with Crippen molar-refractivity contribution >= 4 is 33.0 Å². The Morgan fingerprint density at radius 2 is 1.95 bits per heavy atom. The third-order valence-corrected chi connectivity index (χ3v) is 4.26. The molecule has 3 rings (SSSR count). The van der Waals surface area contributed by atoms with Gasteiger partial charge < -0.3 is 11.1 Å². The molecular weight excluding hydrogens is 280 g/mol. The van der Waals surface area contributed by atoms with Gasteiger partial charge in [-0.3, -0.25) is 4.79 Å². The van der Waals surface area contributed by atoms with Gasteiger partial charge in [-0.25, -0.2) is 0 Å². The summed E-state index contributed by atoms with van der Waals surface area (Å²) in [6.45, 7) is 2.49. The molecule has 0 atom stereocenters. The summed E-state index contributed by atoms with van der Waals surface area (Å²) >= 11 is 1.40. The highest BCUT2D eigenvalue weighted by atomic mass is 32.1. The number of nitrogen functional groups attached to an aromatic ring is 1. The minimum Gasteiger partial charge on any atom is -0.390 e. The first kappa shape index (κ1) is 13.6. The maximum Gasteiger partial charge on any atom is 0.254 e. The zero-order valence-electron chi connectivity index (χ0n) is 11.7. The van der Waals surface area contributed by atoms with E-state index < -0.39 is 0 Å². The Labute approximate surface area is 127 Å². The minimum absolute atomic E-state index is 0.112. The van der Waals surface area contributed by atoms with Gasteiger partial charge in [0.25, 0.3) is 5.91 Å². The first-order valence-electron chi connectivity index (χ1n) is 6.85. The fourth-order valence-corrected chi connectivity index (χ4v) is 3.24. The maximum atomic E-state index is 12.2. The van der Waals surface area contributed by atoms with Gasteiger partial charge in [-0.2, -0.15) is 0 Å². The third-order valence-electron chi connectivity index (χ3n) is 3.44. The van der Waals surface area contributed by atoms with Crippen LogP contribution in [0.3, 0.4) is 0 Å². The number of nitrogens with one attached hydrogen (secondary N) is 1. The van der Waals surface area contributed by atoms with Crippen LogP contribution in [0.1, 0.15) is 17.3 Å². The summed E-state index contributed by atoms with van der Waals surface area (Å²) in [5.74, 6) is -0.112. The number of hydrogen-bond donors (Lipinski definition) is 2. The molecule has 106 valence electrons. The number of hydrogen-bond acceptors (Lipinski definition) is 3. The van der Waals surface area contributed by atoms with E-state index in [4.69, 9.17) is 5.73 Å². The monoisotopic (exact) mass is 296 g/mol. The van der Waals surface area contributed by atoms with E-state index in [-0.39, 0.29) is 5.91 Å². The number of nitrogens with two attached hydrogens (primary N) is 1. The molecule has 1 heterocycles. The Balaban J connectivity index is 2.12. The highest BCUT2D eigenvalue weighted by Crippen LogP contribution is 2.34. The molecule has 2 aromatic carbocycles. The summed E-state index contributed by atoms with van der Waals surface area (Å²) in [7, 11) is 0. The average Bonchev–Trinajstić information content (AvgIpc) is 2.89. The standard InChI is InChI=1S/C17H16N2OS/c1-2-19-17(20)15-14(10-21-16(15)18)13-8-7-11-5-3-4-6-12(11)9-13/h3-10H,2,18H2,1H3,(H,19,20). The van der Waals surface area contributed by atoms with Gasteiger partial charge in [0, 0.05) is 17.5 Å². The third kappa shape index (κ3) is 2.50. The van der Waals surface area contributed by atoms with Crippen LogP contribution >= 0.6 is 11.3 Å². The normalized spacial score (nSPS) is 10.7. The van der Waals surface area contributed by atoms with E-state index in [0.29, 0.717) is 17.1 Å². The maximum absolute atomic E-state index is 12.2. The molecule has 0 spiro atoms. The zero-order chi connectivity index (χ0) is 14.8. The largest absolute Gasteiger partial charge is 0.390 e. The fourth-order valence-electron chi connectivity index (χ4n) is 2.43. The molecule has 3 N–H and O–H groups in total. The summed E-state index contributed by atoms with van der Waals surface area (Å²) in [5, 5.41) is 7.67. The van der Waals surface area contributed by atoms with E-state index >= 15 is 0 Å². The topological polar surface area (TPSA) is 55.1 Å². The van der Waals surface area contributed by atoms with Crippen molar-refractivity contribution in [3.63, 3.8) is 0 Å². The molecule has 21 heavy (non-hydrogen) atoms. The first-order chi connectivity index (χ1) is 10.2. The number of benzene rings is 2. The van der Waals surface area contributed by atoms with Crippen molar-refractivity contribution < 1.29 is 4.79 Å². The number of anilines is 1. The van der Waals surface area contributed by atoms with E-state index in [2.05, 4.69) is 29.6 Å². The molecule has 1 amide bonds. The van der Waals surface area contributed by atoms with E-state index in [9.17, 15) is 4.79 Å². The smallest absolute Gasteiger partial charge is 0.254 e. The molecule has 3 aromatic rings. The van der Waals surface area contributed by atoms with Crippen molar-refractivity contribution in [2.45, 2.75) is 6.92 Å². The molecule has 0 bridgehead atoms. The number of rotatable bonds is 3. The molecule has 0 unspecified atom stereocenters. The molecule has 0 saturated carbocycles. The summed E-state index contributed by atoms with van der Waals surface area (Å²) in [6.07, 6.45) is 0. The Morgan fingerprint density at radius 3 is 2.71 bits per heavy atom. The Hall–Kier alpha value is -2.33. The van der Waals surface area contributed by atoms with E-state index in [1.807, 2.05) is 30.5 Å². The molecule has 0 fully saturated rings. The second-order valence-corrected chi connectivity index (χ2v) is 5.72. The van der Waals surface area contributed by atoms with Gasteiger partial charge in [0.1, 0.15) is 0 Å². The van der Waals surface area contributed by atoms with Crippen molar-refractivity contribution in [3.8, 4) is 11.1 Å². The van der Waals surface area contributed by atoms with Crippen LogP contribution in [0.15, 0.2) is 47.8 Å². The van der Waals surface area contributed by atoms with Crippen LogP contribution in [0, 0.1) is 0 Å². The second kappa shape index (κ2) is 5.58. The van der Waals surface area contributed by atoms with Crippen molar-refractivity contribution in [1.82, 2.24) is 5.32 Å². The number of thiophene rings is 1. The van der Waals surface area contributed by atoms with Crippen LogP contribution in [-0.4, -0.2) is 12.5 Å². The van der Waals surface area contributed by atoms with Crippen molar-refractivity contribution in [2.24, 2.45) is 0 Å². The second-order valence-electron chi connectivity index (χ2n) is 4.81.